The Morgan fingerprint density at radius 3 is 1.94 bits per heavy atom. The van der Waals surface area contributed by atoms with Crippen molar-refractivity contribution in [3.05, 3.63) is 69.9 Å². The first-order valence-electron chi connectivity index (χ1n) is 11.2. The molecule has 0 aromatic heterocycles. The molecule has 0 aliphatic carbocycles. The molecule has 0 unspecified atom stereocenters. The molecule has 6 heteroatoms. The van der Waals surface area contributed by atoms with Crippen molar-refractivity contribution in [2.75, 3.05) is 0 Å². The van der Waals surface area contributed by atoms with E-state index < -0.39 is 17.7 Å². The van der Waals surface area contributed by atoms with Crippen LogP contribution in [0.15, 0.2) is 58.7 Å². The molecule has 1 aromatic carbocycles. The van der Waals surface area contributed by atoms with E-state index in [1.165, 1.54) is 17.2 Å². The van der Waals surface area contributed by atoms with Crippen LogP contribution in [0.1, 0.15) is 82.1 Å². The highest BCUT2D eigenvalue weighted by molar-refractivity contribution is 5.89. The zero-order valence-electron chi connectivity index (χ0n) is 20.0. The van der Waals surface area contributed by atoms with E-state index in [1.54, 1.807) is 0 Å². The molecule has 0 saturated carbocycles. The van der Waals surface area contributed by atoms with Crippen LogP contribution in [0.25, 0.3) is 0 Å². The fourth-order valence-corrected chi connectivity index (χ4v) is 3.28. The summed E-state index contributed by atoms with van der Waals surface area (Å²) in [5.74, 6) is -2.75. The first-order chi connectivity index (χ1) is 15.5. The van der Waals surface area contributed by atoms with E-state index in [2.05, 4.69) is 6.08 Å². The number of aliphatic carboxylic acids is 1. The molecular weight excluding hydrogens is 420 g/mol. The molecule has 0 aliphatic heterocycles. The fraction of sp³-hybridized carbons (Fsp3) is 0.407. The van der Waals surface area contributed by atoms with E-state index in [4.69, 9.17) is 5.11 Å². The van der Waals surface area contributed by atoms with Gasteiger partial charge in [0.1, 0.15) is 0 Å². The van der Waals surface area contributed by atoms with Gasteiger partial charge >= 0.3 is 11.9 Å². The minimum Gasteiger partial charge on any atom is -0.504 e. The van der Waals surface area contributed by atoms with Gasteiger partial charge in [0.2, 0.25) is 0 Å². The van der Waals surface area contributed by atoms with Crippen molar-refractivity contribution >= 4 is 11.9 Å². The highest BCUT2D eigenvalue weighted by Gasteiger charge is 2.12. The predicted octanol–water partition coefficient (Wildman–Crippen LogP) is 6.55. The van der Waals surface area contributed by atoms with Gasteiger partial charge in [-0.25, -0.2) is 9.59 Å². The van der Waals surface area contributed by atoms with Crippen molar-refractivity contribution in [3.8, 4) is 11.5 Å². The number of benzene rings is 1. The summed E-state index contributed by atoms with van der Waals surface area (Å²) in [5.41, 5.74) is 4.23. The number of hydrogen-bond donors (Lipinski definition) is 4. The second-order valence-electron chi connectivity index (χ2n) is 8.55. The van der Waals surface area contributed by atoms with Gasteiger partial charge in [-0.05, 0) is 84.8 Å². The number of phenolic OH excluding ortho intramolecular Hbond substituents is 2. The summed E-state index contributed by atoms with van der Waals surface area (Å²) in [6.07, 6.45) is 12.6. The Morgan fingerprint density at radius 2 is 1.36 bits per heavy atom. The van der Waals surface area contributed by atoms with E-state index in [-0.39, 0.29) is 11.3 Å². The molecule has 0 amide bonds. The second-order valence-corrected chi connectivity index (χ2v) is 8.55. The summed E-state index contributed by atoms with van der Waals surface area (Å²) in [4.78, 5) is 22.5. The van der Waals surface area contributed by atoms with Gasteiger partial charge in [-0.2, -0.15) is 0 Å². The van der Waals surface area contributed by atoms with Crippen molar-refractivity contribution in [2.24, 2.45) is 0 Å². The number of carbonyl (C=O) groups is 2. The highest BCUT2D eigenvalue weighted by atomic mass is 16.4. The number of rotatable bonds is 13. The van der Waals surface area contributed by atoms with Gasteiger partial charge in [0.25, 0.3) is 0 Å². The Bertz CT molecular complexity index is 959. The summed E-state index contributed by atoms with van der Waals surface area (Å²) in [7, 11) is 0. The van der Waals surface area contributed by atoms with E-state index in [0.29, 0.717) is 30.4 Å². The summed E-state index contributed by atoms with van der Waals surface area (Å²) in [5, 5.41) is 38.1. The molecule has 1 rings (SSSR count). The van der Waals surface area contributed by atoms with E-state index in [0.717, 1.165) is 37.3 Å². The van der Waals surface area contributed by atoms with Gasteiger partial charge in [-0.15, -0.1) is 0 Å². The van der Waals surface area contributed by atoms with Crippen molar-refractivity contribution in [2.45, 2.75) is 72.6 Å². The maximum Gasteiger partial charge on any atom is 0.335 e. The van der Waals surface area contributed by atoms with Crippen LogP contribution >= 0.6 is 0 Å². The van der Waals surface area contributed by atoms with Crippen LogP contribution in [-0.2, 0) is 11.2 Å². The van der Waals surface area contributed by atoms with Crippen LogP contribution in [0.4, 0.5) is 0 Å². The third kappa shape index (κ3) is 10.7. The van der Waals surface area contributed by atoms with Crippen LogP contribution in [0.2, 0.25) is 0 Å². The lowest BCUT2D eigenvalue weighted by atomic mass is 10.0. The SMILES string of the molecule is CC(C)=CCCC(=CCCC(C)=CCCC(C)=CCc1cc(C(=O)O)cc(O)c1O)C(=O)O. The van der Waals surface area contributed by atoms with Crippen molar-refractivity contribution in [1.82, 2.24) is 0 Å². The van der Waals surface area contributed by atoms with E-state index in [9.17, 15) is 24.9 Å². The standard InChI is InChI=1S/C27H36O6/c1-18(2)8-5-12-21(26(30)31)13-7-11-19(3)9-6-10-20(4)14-15-22-16-23(27(32)33)17-24(28)25(22)29/h8-9,13-14,16-17,28-29H,5-7,10-12,15H2,1-4H3,(H,30,31)(H,32,33). The number of aromatic carboxylic acids is 1. The Labute approximate surface area is 196 Å². The lowest BCUT2D eigenvalue weighted by molar-refractivity contribution is -0.132. The van der Waals surface area contributed by atoms with E-state index in [1.807, 2.05) is 45.9 Å². The minimum atomic E-state index is -1.16. The molecule has 0 bridgehead atoms. The zero-order valence-corrected chi connectivity index (χ0v) is 20.0. The molecule has 0 saturated heterocycles. The quantitative estimate of drug-likeness (QED) is 0.152. The van der Waals surface area contributed by atoms with Crippen LogP contribution < -0.4 is 0 Å². The summed E-state index contributed by atoms with van der Waals surface area (Å²) in [6.45, 7) is 8.01. The molecule has 0 aliphatic rings. The number of carboxylic acid groups (broad SMARTS) is 2. The number of carboxylic acids is 2. The lowest BCUT2D eigenvalue weighted by Gasteiger charge is -2.07. The molecule has 4 N–H and O–H groups in total. The Balaban J connectivity index is 2.58. The van der Waals surface area contributed by atoms with Gasteiger partial charge in [0, 0.05) is 11.1 Å². The first kappa shape index (κ1) is 27.8. The van der Waals surface area contributed by atoms with Crippen LogP contribution in [0, 0.1) is 0 Å². The molecule has 180 valence electrons. The molecule has 6 nitrogen and oxygen atoms in total. The molecular formula is C27H36O6. The maximum atomic E-state index is 11.4. The first-order valence-corrected chi connectivity index (χ1v) is 11.2. The molecule has 0 fully saturated rings. The lowest BCUT2D eigenvalue weighted by Crippen LogP contribution is -2.00. The minimum absolute atomic E-state index is 0.0676. The van der Waals surface area contributed by atoms with E-state index >= 15 is 0 Å². The Morgan fingerprint density at radius 1 is 0.788 bits per heavy atom. The molecule has 0 radical (unpaired) electrons. The Kier molecular flexibility index (Phi) is 11.8. The zero-order chi connectivity index (χ0) is 25.0. The largest absolute Gasteiger partial charge is 0.504 e. The normalized spacial score (nSPS) is 12.5. The third-order valence-electron chi connectivity index (χ3n) is 5.29. The number of hydrogen-bond acceptors (Lipinski definition) is 4. The monoisotopic (exact) mass is 456 g/mol. The Hall–Kier alpha value is -3.28. The maximum absolute atomic E-state index is 11.4. The van der Waals surface area contributed by atoms with Gasteiger partial charge < -0.3 is 20.4 Å². The average molecular weight is 457 g/mol. The number of phenols is 2. The summed E-state index contributed by atoms with van der Waals surface area (Å²) >= 11 is 0. The second kappa shape index (κ2) is 14.0. The van der Waals surface area contributed by atoms with Crippen LogP contribution in [0.5, 0.6) is 11.5 Å². The number of allylic oxidation sites excluding steroid dienone is 7. The average Bonchev–Trinajstić information content (AvgIpc) is 2.73. The fourth-order valence-electron chi connectivity index (χ4n) is 3.28. The van der Waals surface area contributed by atoms with Gasteiger partial charge in [0.15, 0.2) is 11.5 Å². The number of aromatic hydroxyl groups is 2. The summed E-state index contributed by atoms with van der Waals surface area (Å²) < 4.78 is 0. The van der Waals surface area contributed by atoms with Crippen molar-refractivity contribution in [1.29, 1.82) is 0 Å². The van der Waals surface area contributed by atoms with Gasteiger partial charge in [0.05, 0.1) is 5.56 Å². The highest BCUT2D eigenvalue weighted by Crippen LogP contribution is 2.31. The van der Waals surface area contributed by atoms with Crippen molar-refractivity contribution in [3.63, 3.8) is 0 Å². The van der Waals surface area contributed by atoms with Crippen LogP contribution in [0.3, 0.4) is 0 Å². The topological polar surface area (TPSA) is 115 Å². The predicted molar refractivity (Wildman–Crippen MR) is 131 cm³/mol. The third-order valence-corrected chi connectivity index (χ3v) is 5.29. The molecule has 0 spiro atoms. The van der Waals surface area contributed by atoms with Gasteiger partial charge in [-0.1, -0.05) is 41.0 Å². The molecule has 0 atom stereocenters. The van der Waals surface area contributed by atoms with Crippen molar-refractivity contribution < 1.29 is 30.0 Å². The summed E-state index contributed by atoms with van der Waals surface area (Å²) in [6, 6.07) is 2.40. The molecule has 0 heterocycles. The molecule has 33 heavy (non-hydrogen) atoms. The van der Waals surface area contributed by atoms with Crippen LogP contribution in [-0.4, -0.2) is 32.4 Å². The molecule has 1 aromatic rings. The smallest absolute Gasteiger partial charge is 0.335 e. The van der Waals surface area contributed by atoms with Gasteiger partial charge in [-0.3, -0.25) is 0 Å².